The van der Waals surface area contributed by atoms with Crippen molar-refractivity contribution in [2.24, 2.45) is 5.73 Å². The summed E-state index contributed by atoms with van der Waals surface area (Å²) in [5.74, 6) is -0.0431. The van der Waals surface area contributed by atoms with E-state index in [-0.39, 0.29) is 30.3 Å². The third-order valence-electron chi connectivity index (χ3n) is 6.73. The van der Waals surface area contributed by atoms with E-state index in [9.17, 15) is 14.4 Å². The Morgan fingerprint density at radius 1 is 1.19 bits per heavy atom. The van der Waals surface area contributed by atoms with Crippen molar-refractivity contribution in [3.8, 4) is 0 Å². The van der Waals surface area contributed by atoms with Crippen LogP contribution in [0.2, 0.25) is 0 Å². The summed E-state index contributed by atoms with van der Waals surface area (Å²) in [4.78, 5) is 50.9. The number of methoxy groups -OCH3 is 1. The number of hydrogen-bond donors (Lipinski definition) is 1. The summed E-state index contributed by atoms with van der Waals surface area (Å²) < 4.78 is 10.9. The van der Waals surface area contributed by atoms with Crippen molar-refractivity contribution in [3.05, 3.63) is 56.6 Å². The average Bonchev–Trinajstić information content (AvgIpc) is 3.46. The molecular formula is C24H30N8O4. The van der Waals surface area contributed by atoms with Crippen LogP contribution in [0, 0.1) is 6.92 Å². The second-order valence-electron chi connectivity index (χ2n) is 9.14. The van der Waals surface area contributed by atoms with Crippen LogP contribution in [0.5, 0.6) is 0 Å². The van der Waals surface area contributed by atoms with Gasteiger partial charge in [-0.2, -0.15) is 4.98 Å². The number of anilines is 1. The first-order chi connectivity index (χ1) is 17.3. The third kappa shape index (κ3) is 3.96. The first kappa shape index (κ1) is 23.8. The monoisotopic (exact) mass is 494 g/mol. The number of nitrogens with two attached hydrogens (primary N) is 1. The van der Waals surface area contributed by atoms with Crippen molar-refractivity contribution in [3.63, 3.8) is 0 Å². The Balaban J connectivity index is 1.72. The molecule has 0 aromatic carbocycles. The lowest BCUT2D eigenvalue weighted by atomic mass is 10.1. The van der Waals surface area contributed by atoms with Crippen LogP contribution < -0.4 is 21.9 Å². The van der Waals surface area contributed by atoms with E-state index in [2.05, 4.69) is 4.98 Å². The Morgan fingerprint density at radius 3 is 2.69 bits per heavy atom. The summed E-state index contributed by atoms with van der Waals surface area (Å²) in [5.41, 5.74) is 7.74. The number of ether oxygens (including phenoxy) is 1. The smallest absolute Gasteiger partial charge is 0.333 e. The molecule has 1 unspecified atom stereocenters. The van der Waals surface area contributed by atoms with Crippen LogP contribution >= 0.6 is 0 Å². The summed E-state index contributed by atoms with van der Waals surface area (Å²) in [6, 6.07) is 5.71. The molecule has 190 valence electrons. The Hall–Kier alpha value is -3.93. The number of fused-ring (bicyclic) bond motifs is 2. The van der Waals surface area contributed by atoms with Crippen LogP contribution in [0.25, 0.3) is 16.8 Å². The molecular weight excluding hydrogens is 464 g/mol. The maximum atomic E-state index is 13.8. The number of hydrogen-bond acceptors (Lipinski definition) is 8. The normalized spacial score (nSPS) is 16.2. The zero-order chi connectivity index (χ0) is 25.6. The second kappa shape index (κ2) is 9.26. The number of carbonyl (C=O) groups is 1. The second-order valence-corrected chi connectivity index (χ2v) is 9.14. The molecule has 36 heavy (non-hydrogen) atoms. The molecule has 0 spiro atoms. The highest BCUT2D eigenvalue weighted by Gasteiger charge is 2.27. The number of imidazole rings is 2. The highest BCUT2D eigenvalue weighted by atomic mass is 16.5. The van der Waals surface area contributed by atoms with Crippen molar-refractivity contribution in [1.29, 1.82) is 0 Å². The molecule has 0 bridgehead atoms. The lowest BCUT2D eigenvalue weighted by molar-refractivity contribution is -0.141. The topological polar surface area (TPSA) is 135 Å². The lowest BCUT2D eigenvalue weighted by Gasteiger charge is -2.31. The van der Waals surface area contributed by atoms with Crippen molar-refractivity contribution in [2.45, 2.75) is 52.4 Å². The van der Waals surface area contributed by atoms with Crippen LogP contribution in [0.4, 0.5) is 5.95 Å². The first-order valence-electron chi connectivity index (χ1n) is 12.1. The van der Waals surface area contributed by atoms with Gasteiger partial charge in [-0.3, -0.25) is 18.7 Å². The van der Waals surface area contributed by atoms with Crippen LogP contribution in [0.3, 0.4) is 0 Å². The van der Waals surface area contributed by atoms with Crippen LogP contribution in [0.15, 0.2) is 34.0 Å². The number of rotatable bonds is 6. The van der Waals surface area contributed by atoms with Crippen LogP contribution in [0.1, 0.15) is 31.2 Å². The molecule has 1 aliphatic rings. The standard InChI is InChI=1S/C24H30N8O4/c1-4-29-20-21(27-23(29)28-10-6-8-16(25)11-28)31(14-19(33)36-3)24(35)32(22(20)34)13-17-12-30-15(2)7-5-9-18(30)26-17/h5,7,9,12,16H,4,6,8,10-11,13-14,25H2,1-3H3. The molecule has 12 heteroatoms. The van der Waals surface area contributed by atoms with Gasteiger partial charge >= 0.3 is 11.7 Å². The van der Waals surface area contributed by atoms with Gasteiger partial charge in [-0.05, 0) is 38.8 Å². The van der Waals surface area contributed by atoms with E-state index in [0.717, 1.165) is 35.3 Å². The maximum absolute atomic E-state index is 13.8. The summed E-state index contributed by atoms with van der Waals surface area (Å²) >= 11 is 0. The molecule has 0 amide bonds. The molecule has 0 aliphatic carbocycles. The fourth-order valence-corrected chi connectivity index (χ4v) is 4.92. The highest BCUT2D eigenvalue weighted by molar-refractivity contribution is 5.77. The lowest BCUT2D eigenvalue weighted by Crippen LogP contribution is -2.44. The fraction of sp³-hybridized carbons (Fsp3) is 0.458. The van der Waals surface area contributed by atoms with Crippen molar-refractivity contribution in [2.75, 3.05) is 25.1 Å². The number of pyridine rings is 1. The predicted molar refractivity (Wildman–Crippen MR) is 134 cm³/mol. The molecule has 2 N–H and O–H groups in total. The average molecular weight is 495 g/mol. The molecule has 4 aromatic heterocycles. The van der Waals surface area contributed by atoms with Crippen molar-refractivity contribution >= 4 is 28.7 Å². The van der Waals surface area contributed by atoms with Crippen molar-refractivity contribution in [1.82, 2.24) is 28.1 Å². The van der Waals surface area contributed by atoms with Gasteiger partial charge in [0.2, 0.25) is 5.95 Å². The molecule has 1 fully saturated rings. The molecule has 0 saturated carbocycles. The summed E-state index contributed by atoms with van der Waals surface area (Å²) in [6.07, 6.45) is 3.63. The largest absolute Gasteiger partial charge is 0.468 e. The SMILES string of the molecule is CCn1c(N2CCCC(N)C2)nc2c1c(=O)n(Cc1cn3c(C)cccc3n1)c(=O)n2CC(=O)OC. The summed E-state index contributed by atoms with van der Waals surface area (Å²) in [5, 5.41) is 0. The molecule has 1 atom stereocenters. The number of aryl methyl sites for hydroxylation is 2. The van der Waals surface area contributed by atoms with Gasteiger partial charge in [-0.15, -0.1) is 0 Å². The Bertz CT molecular complexity index is 1580. The van der Waals surface area contributed by atoms with E-state index >= 15 is 0 Å². The van der Waals surface area contributed by atoms with Gasteiger partial charge in [0.15, 0.2) is 11.2 Å². The molecule has 1 saturated heterocycles. The van der Waals surface area contributed by atoms with Gasteiger partial charge in [0, 0.05) is 37.6 Å². The minimum atomic E-state index is -0.644. The fourth-order valence-electron chi connectivity index (χ4n) is 4.92. The molecule has 1 aliphatic heterocycles. The molecule has 0 radical (unpaired) electrons. The van der Waals surface area contributed by atoms with Gasteiger partial charge in [0.05, 0.1) is 19.3 Å². The van der Waals surface area contributed by atoms with Gasteiger partial charge in [-0.1, -0.05) is 6.07 Å². The van der Waals surface area contributed by atoms with Gasteiger partial charge in [0.1, 0.15) is 12.2 Å². The van der Waals surface area contributed by atoms with E-state index < -0.39 is 17.2 Å². The molecule has 5 heterocycles. The quantitative estimate of drug-likeness (QED) is 0.383. The van der Waals surface area contributed by atoms with Gasteiger partial charge in [0.25, 0.3) is 5.56 Å². The molecule has 12 nitrogen and oxygen atoms in total. The number of carbonyl (C=O) groups excluding carboxylic acids is 1. The third-order valence-corrected chi connectivity index (χ3v) is 6.73. The highest BCUT2D eigenvalue weighted by Crippen LogP contribution is 2.23. The molecule has 4 aromatic rings. The zero-order valence-electron chi connectivity index (χ0n) is 20.7. The van der Waals surface area contributed by atoms with E-state index in [1.807, 2.05) is 47.5 Å². The minimum absolute atomic E-state index is 0.00343. The first-order valence-corrected chi connectivity index (χ1v) is 12.1. The molecule has 5 rings (SSSR count). The van der Waals surface area contributed by atoms with E-state index in [1.165, 1.54) is 11.7 Å². The maximum Gasteiger partial charge on any atom is 0.333 e. The van der Waals surface area contributed by atoms with Gasteiger partial charge < -0.3 is 24.3 Å². The predicted octanol–water partition coefficient (Wildman–Crippen LogP) is 0.485. The van der Waals surface area contributed by atoms with Gasteiger partial charge in [-0.25, -0.2) is 9.78 Å². The van der Waals surface area contributed by atoms with Crippen LogP contribution in [-0.2, 0) is 29.2 Å². The Labute approximate surface area is 206 Å². The summed E-state index contributed by atoms with van der Waals surface area (Å²) in [7, 11) is 1.25. The number of esters is 1. The number of nitrogens with zero attached hydrogens (tertiary/aromatic N) is 7. The Morgan fingerprint density at radius 2 is 2.00 bits per heavy atom. The summed E-state index contributed by atoms with van der Waals surface area (Å²) in [6.45, 7) is 5.25. The van der Waals surface area contributed by atoms with E-state index in [0.29, 0.717) is 24.7 Å². The minimum Gasteiger partial charge on any atom is -0.468 e. The van der Waals surface area contributed by atoms with E-state index in [4.69, 9.17) is 15.5 Å². The number of aromatic nitrogens is 6. The Kier molecular flexibility index (Phi) is 6.12. The van der Waals surface area contributed by atoms with E-state index in [1.54, 1.807) is 4.57 Å². The van der Waals surface area contributed by atoms with Crippen molar-refractivity contribution < 1.29 is 9.53 Å². The zero-order valence-corrected chi connectivity index (χ0v) is 20.7. The number of piperidine rings is 1. The van der Waals surface area contributed by atoms with Crippen LogP contribution in [-0.4, -0.2) is 60.3 Å².